The second-order valence-corrected chi connectivity index (χ2v) is 8.83. The minimum atomic E-state index is 0.0746. The highest BCUT2D eigenvalue weighted by atomic mass is 16.1. The molecule has 1 atom stereocenters. The Morgan fingerprint density at radius 3 is 2.50 bits per heavy atom. The van der Waals surface area contributed by atoms with E-state index in [0.29, 0.717) is 12.4 Å². The Balaban J connectivity index is 1.65. The molecule has 0 aliphatic rings. The van der Waals surface area contributed by atoms with E-state index in [0.717, 1.165) is 59.5 Å². The fourth-order valence-corrected chi connectivity index (χ4v) is 4.49. The van der Waals surface area contributed by atoms with Crippen molar-refractivity contribution >= 4 is 0 Å². The van der Waals surface area contributed by atoms with Crippen molar-refractivity contribution in [2.24, 2.45) is 0 Å². The number of pyridine rings is 1. The molecule has 0 bridgehead atoms. The minimum absolute atomic E-state index is 0.0746. The van der Waals surface area contributed by atoms with E-state index in [1.807, 2.05) is 45.7 Å². The lowest BCUT2D eigenvalue weighted by Crippen LogP contribution is -2.27. The number of aromatic amines is 1. The molecule has 0 fully saturated rings. The maximum Gasteiger partial charge on any atom is 0.329 e. The van der Waals surface area contributed by atoms with E-state index in [-0.39, 0.29) is 11.7 Å². The average molecular weight is 460 g/mol. The Morgan fingerprint density at radius 1 is 1.06 bits per heavy atom. The second-order valence-electron chi connectivity index (χ2n) is 8.83. The smallest absolute Gasteiger partial charge is 0.294 e. The van der Waals surface area contributed by atoms with Crippen molar-refractivity contribution in [3.8, 4) is 22.6 Å². The number of rotatable bonds is 10. The number of imidazole rings is 1. The normalized spacial score (nSPS) is 12.2. The van der Waals surface area contributed by atoms with Gasteiger partial charge in [0, 0.05) is 34.8 Å². The SMILES string of the molecule is CCCCCc1c(C)n(C(C)CC)c(=O)n1Cc1ccc(-c2ccccc2-c2nnn[nH]2)nc1. The highest BCUT2D eigenvalue weighted by Crippen LogP contribution is 2.28. The fraction of sp³-hybridized carbons (Fsp3) is 0.423. The molecule has 178 valence electrons. The van der Waals surface area contributed by atoms with Crippen LogP contribution in [0.3, 0.4) is 0 Å². The zero-order valence-corrected chi connectivity index (χ0v) is 20.5. The van der Waals surface area contributed by atoms with Crippen LogP contribution < -0.4 is 5.69 Å². The lowest BCUT2D eigenvalue weighted by atomic mass is 10.0. The van der Waals surface area contributed by atoms with Gasteiger partial charge < -0.3 is 0 Å². The van der Waals surface area contributed by atoms with Crippen LogP contribution >= 0.6 is 0 Å². The molecule has 34 heavy (non-hydrogen) atoms. The number of benzene rings is 1. The summed E-state index contributed by atoms with van der Waals surface area (Å²) < 4.78 is 3.91. The maximum atomic E-state index is 13.4. The third-order valence-electron chi connectivity index (χ3n) is 6.56. The van der Waals surface area contributed by atoms with Gasteiger partial charge in [0.2, 0.25) is 0 Å². The first-order valence-electron chi connectivity index (χ1n) is 12.1. The molecule has 1 unspecified atom stereocenters. The largest absolute Gasteiger partial charge is 0.329 e. The van der Waals surface area contributed by atoms with E-state index >= 15 is 0 Å². The van der Waals surface area contributed by atoms with Crippen LogP contribution in [-0.2, 0) is 13.0 Å². The number of hydrogen-bond acceptors (Lipinski definition) is 5. The number of nitrogens with one attached hydrogen (secondary N) is 1. The molecular formula is C26H33N7O. The predicted octanol–water partition coefficient (Wildman–Crippen LogP) is 4.95. The first-order chi connectivity index (χ1) is 16.5. The monoisotopic (exact) mass is 459 g/mol. The van der Waals surface area contributed by atoms with Crippen LogP contribution in [0.1, 0.15) is 69.4 Å². The lowest BCUT2D eigenvalue weighted by molar-refractivity contribution is 0.496. The summed E-state index contributed by atoms with van der Waals surface area (Å²) >= 11 is 0. The number of unbranched alkanes of at least 4 members (excludes halogenated alkanes) is 2. The van der Waals surface area contributed by atoms with Crippen molar-refractivity contribution < 1.29 is 0 Å². The molecule has 0 spiro atoms. The topological polar surface area (TPSA) is 94.3 Å². The first-order valence-corrected chi connectivity index (χ1v) is 12.1. The molecule has 1 N–H and O–H groups in total. The molecule has 0 radical (unpaired) electrons. The average Bonchev–Trinajstić information content (AvgIpc) is 3.47. The van der Waals surface area contributed by atoms with Crippen LogP contribution in [0, 0.1) is 6.92 Å². The van der Waals surface area contributed by atoms with Gasteiger partial charge in [0.15, 0.2) is 5.82 Å². The highest BCUT2D eigenvalue weighted by Gasteiger charge is 2.20. The summed E-state index contributed by atoms with van der Waals surface area (Å²) in [4.78, 5) is 18.1. The Morgan fingerprint density at radius 2 is 1.85 bits per heavy atom. The molecule has 8 heteroatoms. The van der Waals surface area contributed by atoms with Gasteiger partial charge in [0.25, 0.3) is 0 Å². The zero-order chi connectivity index (χ0) is 24.1. The molecule has 1 aromatic carbocycles. The van der Waals surface area contributed by atoms with Crippen LogP contribution in [0.4, 0.5) is 0 Å². The van der Waals surface area contributed by atoms with Gasteiger partial charge in [-0.15, -0.1) is 5.10 Å². The number of tetrazole rings is 1. The first kappa shape index (κ1) is 23.6. The van der Waals surface area contributed by atoms with Crippen LogP contribution in [0.2, 0.25) is 0 Å². The van der Waals surface area contributed by atoms with Gasteiger partial charge in [0.1, 0.15) is 0 Å². The lowest BCUT2D eigenvalue weighted by Gasteiger charge is -2.11. The summed E-state index contributed by atoms with van der Waals surface area (Å²) in [6, 6.07) is 12.1. The third kappa shape index (κ3) is 4.71. The minimum Gasteiger partial charge on any atom is -0.294 e. The standard InChI is InChI=1S/C26H33N7O/c1-5-7-8-13-24-19(4)33(18(3)6-2)26(34)32(24)17-20-14-15-23(27-16-20)21-11-9-10-12-22(21)25-28-30-31-29-25/h9-12,14-16,18H,5-8,13,17H2,1-4H3,(H,28,29,30,31). The maximum absolute atomic E-state index is 13.4. The van der Waals surface area contributed by atoms with Crippen LogP contribution in [0.25, 0.3) is 22.6 Å². The molecule has 0 amide bonds. The Bertz CT molecular complexity index is 1270. The van der Waals surface area contributed by atoms with Crippen molar-refractivity contribution in [1.82, 2.24) is 34.7 Å². The molecule has 3 aromatic heterocycles. The van der Waals surface area contributed by atoms with E-state index in [2.05, 4.69) is 54.4 Å². The van der Waals surface area contributed by atoms with E-state index < -0.39 is 0 Å². The van der Waals surface area contributed by atoms with Crippen molar-refractivity contribution in [2.75, 3.05) is 0 Å². The predicted molar refractivity (Wildman–Crippen MR) is 134 cm³/mol. The van der Waals surface area contributed by atoms with Gasteiger partial charge in [-0.05, 0) is 55.2 Å². The van der Waals surface area contributed by atoms with E-state index in [1.54, 1.807) is 0 Å². The Labute approximate surface area is 200 Å². The molecule has 4 rings (SSSR count). The van der Waals surface area contributed by atoms with E-state index in [1.165, 1.54) is 6.42 Å². The fourth-order valence-electron chi connectivity index (χ4n) is 4.49. The number of nitrogens with zero attached hydrogens (tertiary/aromatic N) is 6. The van der Waals surface area contributed by atoms with Gasteiger partial charge in [-0.3, -0.25) is 14.1 Å². The van der Waals surface area contributed by atoms with Crippen molar-refractivity contribution in [3.05, 3.63) is 70.0 Å². The van der Waals surface area contributed by atoms with Gasteiger partial charge in [-0.2, -0.15) is 0 Å². The van der Waals surface area contributed by atoms with Gasteiger partial charge in [0.05, 0.1) is 12.2 Å². The van der Waals surface area contributed by atoms with Crippen molar-refractivity contribution in [3.63, 3.8) is 0 Å². The summed E-state index contributed by atoms with van der Waals surface area (Å²) in [6.45, 7) is 9.05. The number of hydrogen-bond donors (Lipinski definition) is 1. The number of aromatic nitrogens is 7. The molecule has 4 aromatic rings. The van der Waals surface area contributed by atoms with Crippen molar-refractivity contribution in [2.45, 2.75) is 72.4 Å². The molecular weight excluding hydrogens is 426 g/mol. The molecule has 3 heterocycles. The summed E-state index contributed by atoms with van der Waals surface area (Å²) in [7, 11) is 0. The summed E-state index contributed by atoms with van der Waals surface area (Å²) in [5, 5.41) is 14.2. The number of H-pyrrole nitrogens is 1. The van der Waals surface area contributed by atoms with Crippen LogP contribution in [0.15, 0.2) is 47.4 Å². The highest BCUT2D eigenvalue weighted by molar-refractivity contribution is 5.78. The van der Waals surface area contributed by atoms with Gasteiger partial charge >= 0.3 is 5.69 Å². The quantitative estimate of drug-likeness (QED) is 0.339. The summed E-state index contributed by atoms with van der Waals surface area (Å²) in [5.41, 5.74) is 5.99. The molecule has 0 aliphatic heterocycles. The molecule has 0 saturated heterocycles. The Kier molecular flexibility index (Phi) is 7.35. The van der Waals surface area contributed by atoms with E-state index in [4.69, 9.17) is 4.98 Å². The third-order valence-corrected chi connectivity index (χ3v) is 6.56. The van der Waals surface area contributed by atoms with Crippen LogP contribution in [0.5, 0.6) is 0 Å². The Hall–Kier alpha value is -3.55. The molecule has 8 nitrogen and oxygen atoms in total. The molecule has 0 aliphatic carbocycles. The van der Waals surface area contributed by atoms with Crippen molar-refractivity contribution in [1.29, 1.82) is 0 Å². The zero-order valence-electron chi connectivity index (χ0n) is 20.5. The van der Waals surface area contributed by atoms with E-state index in [9.17, 15) is 4.79 Å². The van der Waals surface area contributed by atoms with Gasteiger partial charge in [-0.1, -0.05) is 57.0 Å². The van der Waals surface area contributed by atoms with Gasteiger partial charge in [-0.25, -0.2) is 9.89 Å². The van der Waals surface area contributed by atoms with Crippen LogP contribution in [-0.4, -0.2) is 34.7 Å². The summed E-state index contributed by atoms with van der Waals surface area (Å²) in [6.07, 6.45) is 7.12. The summed E-state index contributed by atoms with van der Waals surface area (Å²) in [5.74, 6) is 0.603. The second kappa shape index (κ2) is 10.6. The molecule has 0 saturated carbocycles.